The predicted molar refractivity (Wildman–Crippen MR) is 85.0 cm³/mol. The number of pyridine rings is 1. The number of hydrogen-bond acceptors (Lipinski definition) is 3. The molecule has 1 unspecified atom stereocenters. The van der Waals surface area contributed by atoms with E-state index in [1.165, 1.54) is 0 Å². The molecule has 4 heteroatoms. The van der Waals surface area contributed by atoms with Gasteiger partial charge >= 0.3 is 0 Å². The molecule has 0 saturated carbocycles. The summed E-state index contributed by atoms with van der Waals surface area (Å²) in [6.07, 6.45) is 1.99. The van der Waals surface area contributed by atoms with Crippen molar-refractivity contribution >= 4 is 5.91 Å². The number of aromatic nitrogens is 1. The van der Waals surface area contributed by atoms with Crippen LogP contribution in [0.25, 0.3) is 11.3 Å². The maximum atomic E-state index is 11.7. The molecule has 2 heterocycles. The number of likely N-dealkylation sites (tertiary alicyclic amines) is 1. The molecular formula is C18H20N2O2. The Morgan fingerprint density at radius 1 is 1.32 bits per heavy atom. The van der Waals surface area contributed by atoms with Gasteiger partial charge in [-0.2, -0.15) is 0 Å². The highest BCUT2D eigenvalue weighted by atomic mass is 16.3. The van der Waals surface area contributed by atoms with E-state index < -0.39 is 0 Å². The van der Waals surface area contributed by atoms with Crippen LogP contribution >= 0.6 is 0 Å². The zero-order valence-corrected chi connectivity index (χ0v) is 12.7. The van der Waals surface area contributed by atoms with Gasteiger partial charge in [0, 0.05) is 19.0 Å². The number of aliphatic hydroxyl groups excluding tert-OH is 1. The Morgan fingerprint density at radius 3 is 2.91 bits per heavy atom. The number of nitrogens with zero attached hydrogens (tertiary/aromatic N) is 2. The molecule has 2 aromatic rings. The average Bonchev–Trinajstić information content (AvgIpc) is 3.05. The van der Waals surface area contributed by atoms with Crippen molar-refractivity contribution < 1.29 is 9.90 Å². The van der Waals surface area contributed by atoms with Crippen molar-refractivity contribution in [2.75, 3.05) is 6.54 Å². The predicted octanol–water partition coefficient (Wildman–Crippen LogP) is 2.92. The van der Waals surface area contributed by atoms with Gasteiger partial charge in [-0.05, 0) is 36.6 Å². The van der Waals surface area contributed by atoms with E-state index in [1.54, 1.807) is 6.92 Å². The molecule has 1 atom stereocenters. The number of aliphatic hydroxyl groups is 1. The zero-order valence-electron chi connectivity index (χ0n) is 12.7. The van der Waals surface area contributed by atoms with E-state index >= 15 is 0 Å². The molecular weight excluding hydrogens is 276 g/mol. The van der Waals surface area contributed by atoms with E-state index in [2.05, 4.69) is 0 Å². The Kier molecular flexibility index (Phi) is 4.20. The van der Waals surface area contributed by atoms with E-state index in [4.69, 9.17) is 4.98 Å². The summed E-state index contributed by atoms with van der Waals surface area (Å²) in [4.78, 5) is 18.4. The quantitative estimate of drug-likeness (QED) is 0.947. The minimum Gasteiger partial charge on any atom is -0.392 e. The molecule has 0 bridgehead atoms. The molecule has 0 spiro atoms. The number of carbonyl (C=O) groups is 1. The maximum Gasteiger partial charge on any atom is 0.220 e. The fourth-order valence-corrected chi connectivity index (χ4v) is 3.08. The van der Waals surface area contributed by atoms with E-state index in [-0.39, 0.29) is 18.6 Å². The van der Waals surface area contributed by atoms with Crippen molar-refractivity contribution in [3.63, 3.8) is 0 Å². The lowest BCUT2D eigenvalue weighted by molar-refractivity contribution is -0.129. The summed E-state index contributed by atoms with van der Waals surface area (Å²) in [7, 11) is 0. The van der Waals surface area contributed by atoms with Crippen LogP contribution in [0.5, 0.6) is 0 Å². The van der Waals surface area contributed by atoms with E-state index in [0.29, 0.717) is 0 Å². The summed E-state index contributed by atoms with van der Waals surface area (Å²) >= 11 is 0. The number of hydrogen-bond donors (Lipinski definition) is 1. The minimum atomic E-state index is 0.0221. The van der Waals surface area contributed by atoms with Crippen molar-refractivity contribution in [1.82, 2.24) is 9.88 Å². The molecule has 1 amide bonds. The second-order valence-electron chi connectivity index (χ2n) is 5.68. The van der Waals surface area contributed by atoms with Crippen LogP contribution in [-0.2, 0) is 11.4 Å². The highest BCUT2D eigenvalue weighted by Gasteiger charge is 2.28. The van der Waals surface area contributed by atoms with Gasteiger partial charge in [-0.3, -0.25) is 9.78 Å². The number of rotatable bonds is 3. The molecule has 1 aliphatic heterocycles. The maximum absolute atomic E-state index is 11.7. The van der Waals surface area contributed by atoms with Crippen LogP contribution in [0.3, 0.4) is 0 Å². The Labute approximate surface area is 130 Å². The lowest BCUT2D eigenvalue weighted by atomic mass is 10.1. The minimum absolute atomic E-state index is 0.0221. The van der Waals surface area contributed by atoms with E-state index in [0.717, 1.165) is 41.9 Å². The molecule has 114 valence electrons. The molecule has 4 nitrogen and oxygen atoms in total. The van der Waals surface area contributed by atoms with Crippen LogP contribution in [0.15, 0.2) is 42.5 Å². The van der Waals surface area contributed by atoms with Crippen molar-refractivity contribution in [2.24, 2.45) is 0 Å². The summed E-state index contributed by atoms with van der Waals surface area (Å²) < 4.78 is 0. The summed E-state index contributed by atoms with van der Waals surface area (Å²) in [6.45, 7) is 2.45. The molecule has 1 N–H and O–H groups in total. The van der Waals surface area contributed by atoms with Gasteiger partial charge in [0.25, 0.3) is 0 Å². The molecule has 3 rings (SSSR count). The van der Waals surface area contributed by atoms with Gasteiger partial charge in [-0.15, -0.1) is 0 Å². The molecule has 0 aliphatic carbocycles. The molecule has 1 aromatic carbocycles. The molecule has 1 saturated heterocycles. The van der Waals surface area contributed by atoms with Crippen LogP contribution in [0.1, 0.15) is 37.1 Å². The Bertz CT molecular complexity index is 684. The third-order valence-corrected chi connectivity index (χ3v) is 4.17. The van der Waals surface area contributed by atoms with Gasteiger partial charge in [0.2, 0.25) is 5.91 Å². The molecule has 1 aromatic heterocycles. The Balaban J connectivity index is 1.94. The normalized spacial score (nSPS) is 17.7. The second kappa shape index (κ2) is 6.28. The fourth-order valence-electron chi connectivity index (χ4n) is 3.08. The van der Waals surface area contributed by atoms with Crippen molar-refractivity contribution in [1.29, 1.82) is 0 Å². The summed E-state index contributed by atoms with van der Waals surface area (Å²) in [5.41, 5.74) is 3.68. The van der Waals surface area contributed by atoms with Crippen LogP contribution < -0.4 is 0 Å². The van der Waals surface area contributed by atoms with Gasteiger partial charge in [-0.25, -0.2) is 0 Å². The second-order valence-corrected chi connectivity index (χ2v) is 5.68. The fraction of sp³-hybridized carbons (Fsp3) is 0.333. The van der Waals surface area contributed by atoms with Crippen LogP contribution in [0.4, 0.5) is 0 Å². The standard InChI is InChI=1S/C18H20N2O2/c1-13(22)20-10-4-9-18(20)17-8-3-7-16(19-17)15-6-2-5-14(11-15)12-21/h2-3,5-8,11,18,21H,4,9-10,12H2,1H3. The van der Waals surface area contributed by atoms with Gasteiger partial charge in [-0.1, -0.05) is 24.3 Å². The first kappa shape index (κ1) is 14.7. The lowest BCUT2D eigenvalue weighted by Crippen LogP contribution is -2.28. The highest BCUT2D eigenvalue weighted by molar-refractivity contribution is 5.74. The Morgan fingerprint density at radius 2 is 2.14 bits per heavy atom. The topological polar surface area (TPSA) is 53.4 Å². The first-order valence-corrected chi connectivity index (χ1v) is 7.63. The third kappa shape index (κ3) is 2.88. The number of benzene rings is 1. The lowest BCUT2D eigenvalue weighted by Gasteiger charge is -2.23. The summed E-state index contributed by atoms with van der Waals surface area (Å²) in [5, 5.41) is 9.27. The number of carbonyl (C=O) groups excluding carboxylic acids is 1. The van der Waals surface area contributed by atoms with Crippen LogP contribution in [-0.4, -0.2) is 27.4 Å². The van der Waals surface area contributed by atoms with Crippen molar-refractivity contribution in [3.05, 3.63) is 53.7 Å². The van der Waals surface area contributed by atoms with E-state index in [1.807, 2.05) is 47.4 Å². The number of amides is 1. The largest absolute Gasteiger partial charge is 0.392 e. The van der Waals surface area contributed by atoms with Crippen molar-refractivity contribution in [3.8, 4) is 11.3 Å². The molecule has 1 fully saturated rings. The monoisotopic (exact) mass is 296 g/mol. The smallest absolute Gasteiger partial charge is 0.220 e. The zero-order chi connectivity index (χ0) is 15.5. The summed E-state index contributed by atoms with van der Waals surface area (Å²) in [5.74, 6) is 0.108. The highest BCUT2D eigenvalue weighted by Crippen LogP contribution is 2.32. The average molecular weight is 296 g/mol. The van der Waals surface area contributed by atoms with Gasteiger partial charge in [0.1, 0.15) is 0 Å². The van der Waals surface area contributed by atoms with Gasteiger partial charge in [0.05, 0.1) is 24.0 Å². The van der Waals surface area contributed by atoms with Crippen molar-refractivity contribution in [2.45, 2.75) is 32.4 Å². The Hall–Kier alpha value is -2.20. The summed E-state index contributed by atoms with van der Waals surface area (Å²) in [6, 6.07) is 13.8. The first-order chi connectivity index (χ1) is 10.7. The van der Waals surface area contributed by atoms with E-state index in [9.17, 15) is 9.90 Å². The van der Waals surface area contributed by atoms with Crippen LogP contribution in [0, 0.1) is 0 Å². The van der Waals surface area contributed by atoms with Gasteiger partial charge in [0.15, 0.2) is 0 Å². The third-order valence-electron chi connectivity index (χ3n) is 4.17. The molecule has 1 aliphatic rings. The molecule has 22 heavy (non-hydrogen) atoms. The van der Waals surface area contributed by atoms with Gasteiger partial charge < -0.3 is 10.0 Å². The van der Waals surface area contributed by atoms with Crippen LogP contribution in [0.2, 0.25) is 0 Å². The first-order valence-electron chi connectivity index (χ1n) is 7.63. The SMILES string of the molecule is CC(=O)N1CCCC1c1cccc(-c2cccc(CO)c2)n1. The molecule has 0 radical (unpaired) electrons.